The first kappa shape index (κ1) is 39.8. The van der Waals surface area contributed by atoms with Crippen LogP contribution in [-0.2, 0) is 32.2 Å². The molecule has 6 atom stereocenters. The fourth-order valence-corrected chi connectivity index (χ4v) is 6.81. The van der Waals surface area contributed by atoms with E-state index in [1.165, 1.54) is 6.92 Å². The average molecular weight is 722 g/mol. The third-order valence-electron chi connectivity index (χ3n) is 10.2. The van der Waals surface area contributed by atoms with E-state index in [2.05, 4.69) is 46.7 Å². The minimum absolute atomic E-state index is 0.00596. The first-order chi connectivity index (χ1) is 25.6. The van der Waals surface area contributed by atoms with Crippen molar-refractivity contribution in [3.05, 3.63) is 131 Å². The summed E-state index contributed by atoms with van der Waals surface area (Å²) in [4.78, 5) is 25.7. The molecule has 0 saturated carbocycles. The summed E-state index contributed by atoms with van der Waals surface area (Å²) in [7, 11) is 2.02. The molecule has 2 amide bonds. The van der Waals surface area contributed by atoms with Crippen molar-refractivity contribution in [2.24, 2.45) is 5.92 Å². The largest absolute Gasteiger partial charge is 0.392 e. The Kier molecular flexibility index (Phi) is 14.7. The summed E-state index contributed by atoms with van der Waals surface area (Å²) in [5, 5.41) is 26.7. The Morgan fingerprint density at radius 2 is 1.53 bits per heavy atom. The maximum Gasteiger partial charge on any atom is 0.220 e. The molecular formula is C44H55N3O6. The molecule has 1 heterocycles. The van der Waals surface area contributed by atoms with Crippen LogP contribution >= 0.6 is 0 Å². The lowest BCUT2D eigenvalue weighted by Crippen LogP contribution is -2.46. The number of benzene rings is 4. The van der Waals surface area contributed by atoms with Crippen LogP contribution in [-0.4, -0.2) is 59.2 Å². The predicted molar refractivity (Wildman–Crippen MR) is 207 cm³/mol. The van der Waals surface area contributed by atoms with Crippen LogP contribution < -0.4 is 10.6 Å². The molecule has 282 valence electrons. The molecule has 6 unspecified atom stereocenters. The van der Waals surface area contributed by atoms with Crippen LogP contribution in [0.1, 0.15) is 92.8 Å². The Labute approximate surface area is 314 Å². The molecule has 1 saturated heterocycles. The number of aliphatic hydroxyl groups is 2. The number of rotatable bonds is 17. The van der Waals surface area contributed by atoms with Crippen LogP contribution in [0.25, 0.3) is 11.1 Å². The SMILES string of the molecule is CC(=O)NCCCCCC(=O)NCc1cccc(-c2cccc(C3OC(CN(C)C(C)C(O)c4ccccc4)C(C)C(c4ccc(CO)cc4)O3)c2)c1. The van der Waals surface area contributed by atoms with Gasteiger partial charge in [-0.05, 0) is 72.3 Å². The topological polar surface area (TPSA) is 120 Å². The van der Waals surface area contributed by atoms with E-state index in [-0.39, 0.29) is 42.6 Å². The summed E-state index contributed by atoms with van der Waals surface area (Å²) < 4.78 is 13.5. The molecule has 4 aromatic carbocycles. The van der Waals surface area contributed by atoms with Gasteiger partial charge >= 0.3 is 0 Å². The summed E-state index contributed by atoms with van der Waals surface area (Å²) in [5.41, 5.74) is 6.68. The number of carbonyl (C=O) groups excluding carboxylic acids is 2. The van der Waals surface area contributed by atoms with Crippen LogP contribution in [0, 0.1) is 5.92 Å². The van der Waals surface area contributed by atoms with Crippen molar-refractivity contribution in [2.45, 2.75) is 90.2 Å². The predicted octanol–water partition coefficient (Wildman–Crippen LogP) is 7.00. The number of carbonyl (C=O) groups is 2. The maximum atomic E-state index is 12.5. The zero-order valence-electron chi connectivity index (χ0n) is 31.4. The van der Waals surface area contributed by atoms with Crippen molar-refractivity contribution < 1.29 is 29.3 Å². The van der Waals surface area contributed by atoms with E-state index in [1.807, 2.05) is 92.8 Å². The van der Waals surface area contributed by atoms with E-state index in [4.69, 9.17) is 9.47 Å². The van der Waals surface area contributed by atoms with Crippen molar-refractivity contribution in [2.75, 3.05) is 20.1 Å². The monoisotopic (exact) mass is 721 g/mol. The summed E-state index contributed by atoms with van der Waals surface area (Å²) in [5.74, 6) is -0.0208. The van der Waals surface area contributed by atoms with Gasteiger partial charge in [0.25, 0.3) is 0 Å². The summed E-state index contributed by atoms with van der Waals surface area (Å²) in [6.07, 6.45) is 1.22. The Bertz CT molecular complexity index is 1750. The molecule has 4 aromatic rings. The van der Waals surface area contributed by atoms with Gasteiger partial charge in [-0.3, -0.25) is 14.5 Å². The van der Waals surface area contributed by atoms with Gasteiger partial charge in [0.2, 0.25) is 11.8 Å². The van der Waals surface area contributed by atoms with E-state index < -0.39 is 12.4 Å². The summed E-state index contributed by atoms with van der Waals surface area (Å²) in [6.45, 7) is 7.33. The van der Waals surface area contributed by atoms with Crippen molar-refractivity contribution in [1.29, 1.82) is 0 Å². The standard InChI is InChI=1S/C44H55N3O6/c1-30-40(28-47(4)31(2)42(51)35-14-7-5-8-15-35)52-44(53-43(30)36-22-20-33(29-48)21-23-36)39-18-12-17-38(26-39)37-16-11-13-34(25-37)27-46-41(50)19-9-6-10-24-45-32(3)49/h5,7-8,11-18,20-23,25-26,30-31,40,42-44,48,51H,6,9-10,19,24,27-29H2,1-4H3,(H,45,49)(H,46,50). The van der Waals surface area contributed by atoms with Crippen molar-refractivity contribution in [1.82, 2.24) is 15.5 Å². The lowest BCUT2D eigenvalue weighted by atomic mass is 9.89. The average Bonchev–Trinajstić information content (AvgIpc) is 3.19. The highest BCUT2D eigenvalue weighted by Gasteiger charge is 2.39. The molecule has 5 rings (SSSR count). The highest BCUT2D eigenvalue weighted by Crippen LogP contribution is 2.42. The van der Waals surface area contributed by atoms with Crippen molar-refractivity contribution in [3.8, 4) is 11.1 Å². The Hall–Kier alpha value is -4.38. The van der Waals surface area contributed by atoms with Gasteiger partial charge in [-0.2, -0.15) is 0 Å². The number of hydrogen-bond donors (Lipinski definition) is 4. The number of nitrogens with zero attached hydrogens (tertiary/aromatic N) is 1. The van der Waals surface area contributed by atoms with Gasteiger partial charge in [0.1, 0.15) is 0 Å². The van der Waals surface area contributed by atoms with E-state index in [0.717, 1.165) is 58.2 Å². The Morgan fingerprint density at radius 1 is 0.811 bits per heavy atom. The first-order valence-electron chi connectivity index (χ1n) is 18.8. The second kappa shape index (κ2) is 19.6. The molecule has 0 spiro atoms. The van der Waals surface area contributed by atoms with Crippen LogP contribution in [0.5, 0.6) is 0 Å². The molecule has 1 fully saturated rings. The van der Waals surface area contributed by atoms with E-state index in [0.29, 0.717) is 26.1 Å². The quantitative estimate of drug-likeness (QED) is 0.0867. The molecule has 0 aliphatic carbocycles. The number of hydrogen-bond acceptors (Lipinski definition) is 7. The fraction of sp³-hybridized carbons (Fsp3) is 0.409. The Balaban J connectivity index is 1.29. The number of nitrogens with one attached hydrogen (secondary N) is 2. The number of amides is 2. The minimum Gasteiger partial charge on any atom is -0.392 e. The molecule has 1 aliphatic heterocycles. The summed E-state index contributed by atoms with van der Waals surface area (Å²) >= 11 is 0. The second-order valence-corrected chi connectivity index (χ2v) is 14.3. The van der Waals surface area contributed by atoms with Gasteiger partial charge in [0.15, 0.2) is 6.29 Å². The highest BCUT2D eigenvalue weighted by molar-refractivity contribution is 5.76. The van der Waals surface area contributed by atoms with Gasteiger partial charge in [-0.25, -0.2) is 0 Å². The Morgan fingerprint density at radius 3 is 2.25 bits per heavy atom. The molecule has 9 nitrogen and oxygen atoms in total. The third-order valence-corrected chi connectivity index (χ3v) is 10.2. The number of likely N-dealkylation sites (N-methyl/N-ethyl adjacent to an activating group) is 1. The van der Waals surface area contributed by atoms with E-state index >= 15 is 0 Å². The number of ether oxygens (including phenoxy) is 2. The normalized spacial score (nSPS) is 19.8. The van der Waals surface area contributed by atoms with Gasteiger partial charge < -0.3 is 30.3 Å². The molecule has 53 heavy (non-hydrogen) atoms. The third kappa shape index (κ3) is 11.3. The van der Waals surface area contributed by atoms with Gasteiger partial charge in [0, 0.05) is 50.5 Å². The number of aliphatic hydroxyl groups excluding tert-OH is 2. The van der Waals surface area contributed by atoms with E-state index in [1.54, 1.807) is 0 Å². The van der Waals surface area contributed by atoms with Crippen molar-refractivity contribution >= 4 is 11.8 Å². The smallest absolute Gasteiger partial charge is 0.220 e. The molecule has 0 bridgehead atoms. The first-order valence-corrected chi connectivity index (χ1v) is 18.8. The van der Waals surface area contributed by atoms with Crippen LogP contribution in [0.2, 0.25) is 0 Å². The molecule has 9 heteroatoms. The molecular weight excluding hydrogens is 666 g/mol. The lowest BCUT2D eigenvalue weighted by molar-refractivity contribution is -0.276. The van der Waals surface area contributed by atoms with Crippen LogP contribution in [0.3, 0.4) is 0 Å². The number of unbranched alkanes of at least 4 members (excludes halogenated alkanes) is 2. The molecule has 0 radical (unpaired) electrons. The van der Waals surface area contributed by atoms with Gasteiger partial charge in [0.05, 0.1) is 24.9 Å². The van der Waals surface area contributed by atoms with E-state index in [9.17, 15) is 19.8 Å². The second-order valence-electron chi connectivity index (χ2n) is 14.3. The maximum absolute atomic E-state index is 12.5. The lowest BCUT2D eigenvalue weighted by Gasteiger charge is -2.43. The zero-order chi connectivity index (χ0) is 37.7. The molecule has 4 N–H and O–H groups in total. The molecule has 0 aromatic heterocycles. The minimum atomic E-state index is -0.651. The van der Waals surface area contributed by atoms with Gasteiger partial charge in [-0.1, -0.05) is 104 Å². The highest BCUT2D eigenvalue weighted by atomic mass is 16.7. The summed E-state index contributed by atoms with van der Waals surface area (Å²) in [6, 6.07) is 33.9. The van der Waals surface area contributed by atoms with Crippen LogP contribution in [0.4, 0.5) is 0 Å². The zero-order valence-corrected chi connectivity index (χ0v) is 31.4. The molecule has 1 aliphatic rings. The fourth-order valence-electron chi connectivity index (χ4n) is 6.81. The van der Waals surface area contributed by atoms with Gasteiger partial charge in [-0.15, -0.1) is 0 Å². The van der Waals surface area contributed by atoms with Crippen molar-refractivity contribution in [3.63, 3.8) is 0 Å². The van der Waals surface area contributed by atoms with Crippen LogP contribution in [0.15, 0.2) is 103 Å².